The number of amides is 1. The van der Waals surface area contributed by atoms with Gasteiger partial charge in [0.05, 0.1) is 11.6 Å². The van der Waals surface area contributed by atoms with E-state index >= 15 is 0 Å². The van der Waals surface area contributed by atoms with Crippen molar-refractivity contribution in [2.24, 2.45) is 0 Å². The molecule has 24 heavy (non-hydrogen) atoms. The van der Waals surface area contributed by atoms with E-state index in [1.54, 1.807) is 0 Å². The first-order valence-corrected chi connectivity index (χ1v) is 8.25. The zero-order valence-electron chi connectivity index (χ0n) is 15.0. The minimum Gasteiger partial charge on any atom is -0.466 e. The molecule has 6 nitrogen and oxygen atoms in total. The smallest absolute Gasteiger partial charge is 0.230 e. The summed E-state index contributed by atoms with van der Waals surface area (Å²) in [7, 11) is 3.88. The van der Waals surface area contributed by atoms with Crippen molar-refractivity contribution in [3.63, 3.8) is 0 Å². The Morgan fingerprint density at radius 3 is 2.67 bits per heavy atom. The summed E-state index contributed by atoms with van der Waals surface area (Å²) in [6, 6.07) is 3.99. The molecule has 3 rings (SSSR count). The normalized spacial score (nSPS) is 15.1. The second kappa shape index (κ2) is 6.26. The predicted octanol–water partition coefficient (Wildman–Crippen LogP) is 2.44. The summed E-state index contributed by atoms with van der Waals surface area (Å²) in [6.07, 6.45) is 0.748. The fourth-order valence-corrected chi connectivity index (χ4v) is 3.21. The number of fused-ring (bicyclic) bond motifs is 1. The topological polar surface area (TPSA) is 62.5 Å². The van der Waals surface area contributed by atoms with Gasteiger partial charge in [-0.15, -0.1) is 5.10 Å². The molecule has 1 atom stereocenters. The lowest BCUT2D eigenvalue weighted by molar-refractivity contribution is -0.133. The van der Waals surface area contributed by atoms with Crippen LogP contribution >= 0.6 is 0 Å². The van der Waals surface area contributed by atoms with E-state index in [1.807, 2.05) is 56.8 Å². The van der Waals surface area contributed by atoms with Gasteiger partial charge in [0.1, 0.15) is 11.5 Å². The van der Waals surface area contributed by atoms with Crippen LogP contribution in [-0.4, -0.2) is 41.6 Å². The number of carbonyl (C=O) groups is 1. The van der Waals surface area contributed by atoms with E-state index in [4.69, 9.17) is 4.42 Å². The maximum absolute atomic E-state index is 12.9. The molecule has 3 heterocycles. The molecular formula is C18H24N4O2. The number of anilines is 1. The molecule has 6 heteroatoms. The summed E-state index contributed by atoms with van der Waals surface area (Å²) in [5.74, 6) is 2.42. The number of nitrogens with zero attached hydrogens (tertiary/aromatic N) is 4. The van der Waals surface area contributed by atoms with Gasteiger partial charge in [0.25, 0.3) is 0 Å². The number of aryl methyl sites for hydroxylation is 2. The second-order valence-electron chi connectivity index (χ2n) is 6.67. The third-order valence-corrected chi connectivity index (χ3v) is 4.61. The molecule has 128 valence electrons. The average Bonchev–Trinajstić information content (AvgIpc) is 2.90. The van der Waals surface area contributed by atoms with Crippen LogP contribution in [0.2, 0.25) is 0 Å². The van der Waals surface area contributed by atoms with Crippen molar-refractivity contribution in [1.29, 1.82) is 0 Å². The third kappa shape index (κ3) is 3.00. The van der Waals surface area contributed by atoms with Gasteiger partial charge in [-0.1, -0.05) is 0 Å². The molecule has 0 spiro atoms. The van der Waals surface area contributed by atoms with E-state index in [0.717, 1.165) is 40.6 Å². The minimum absolute atomic E-state index is 0.132. The van der Waals surface area contributed by atoms with Gasteiger partial charge < -0.3 is 14.2 Å². The quantitative estimate of drug-likeness (QED) is 0.866. The predicted molar refractivity (Wildman–Crippen MR) is 92.1 cm³/mol. The van der Waals surface area contributed by atoms with Crippen LogP contribution in [0.25, 0.3) is 0 Å². The first kappa shape index (κ1) is 16.5. The largest absolute Gasteiger partial charge is 0.466 e. The number of furan rings is 1. The van der Waals surface area contributed by atoms with E-state index in [2.05, 4.69) is 10.2 Å². The van der Waals surface area contributed by atoms with Gasteiger partial charge in [0.15, 0.2) is 5.82 Å². The Balaban J connectivity index is 1.80. The molecule has 0 N–H and O–H groups in total. The van der Waals surface area contributed by atoms with Crippen molar-refractivity contribution in [3.05, 3.63) is 40.5 Å². The Bertz CT molecular complexity index is 766. The summed E-state index contributed by atoms with van der Waals surface area (Å²) in [6.45, 7) is 7.04. The Labute approximate surface area is 142 Å². The number of aromatic nitrogens is 2. The van der Waals surface area contributed by atoms with Gasteiger partial charge in [0.2, 0.25) is 5.91 Å². The summed E-state index contributed by atoms with van der Waals surface area (Å²) >= 11 is 0. The molecule has 0 aliphatic carbocycles. The fourth-order valence-electron chi connectivity index (χ4n) is 3.21. The van der Waals surface area contributed by atoms with Crippen LogP contribution in [0.1, 0.15) is 41.2 Å². The molecule has 0 fully saturated rings. The van der Waals surface area contributed by atoms with Gasteiger partial charge in [0, 0.05) is 39.2 Å². The maximum Gasteiger partial charge on any atom is 0.230 e. The van der Waals surface area contributed by atoms with Crippen molar-refractivity contribution >= 4 is 11.7 Å². The Morgan fingerprint density at radius 1 is 1.29 bits per heavy atom. The monoisotopic (exact) mass is 328 g/mol. The zero-order valence-corrected chi connectivity index (χ0v) is 15.0. The van der Waals surface area contributed by atoms with E-state index < -0.39 is 0 Å². The number of rotatable bonds is 3. The van der Waals surface area contributed by atoms with E-state index in [-0.39, 0.29) is 11.8 Å². The molecule has 0 bridgehead atoms. The van der Waals surface area contributed by atoms with Crippen molar-refractivity contribution in [2.75, 3.05) is 25.5 Å². The third-order valence-electron chi connectivity index (χ3n) is 4.61. The summed E-state index contributed by atoms with van der Waals surface area (Å²) < 4.78 is 5.58. The van der Waals surface area contributed by atoms with Crippen LogP contribution in [0.4, 0.5) is 5.82 Å². The molecule has 0 unspecified atom stereocenters. The van der Waals surface area contributed by atoms with Crippen LogP contribution in [0, 0.1) is 13.8 Å². The first-order valence-electron chi connectivity index (χ1n) is 8.25. The van der Waals surface area contributed by atoms with Gasteiger partial charge in [-0.25, -0.2) is 0 Å². The summed E-state index contributed by atoms with van der Waals surface area (Å²) in [4.78, 5) is 16.8. The fraction of sp³-hybridized carbons (Fsp3) is 0.500. The maximum atomic E-state index is 12.9. The minimum atomic E-state index is -0.202. The van der Waals surface area contributed by atoms with Gasteiger partial charge in [-0.05, 0) is 38.5 Å². The highest BCUT2D eigenvalue weighted by Crippen LogP contribution is 2.27. The highest BCUT2D eigenvalue weighted by atomic mass is 16.3. The number of hydrogen-bond acceptors (Lipinski definition) is 5. The Morgan fingerprint density at radius 2 is 2.04 bits per heavy atom. The lowest BCUT2D eigenvalue weighted by Crippen LogP contribution is -2.39. The van der Waals surface area contributed by atoms with Crippen molar-refractivity contribution in [2.45, 2.75) is 39.7 Å². The van der Waals surface area contributed by atoms with Crippen LogP contribution in [0.5, 0.6) is 0 Å². The van der Waals surface area contributed by atoms with Crippen molar-refractivity contribution in [1.82, 2.24) is 15.1 Å². The molecule has 2 aromatic heterocycles. The van der Waals surface area contributed by atoms with Gasteiger partial charge in [-0.3, -0.25) is 4.79 Å². The zero-order chi connectivity index (χ0) is 17.4. The Hall–Kier alpha value is -2.37. The van der Waals surface area contributed by atoms with Crippen LogP contribution in [-0.2, 0) is 17.8 Å². The Kier molecular flexibility index (Phi) is 4.30. The molecule has 1 aliphatic heterocycles. The standard InChI is InChI=1S/C18H24N4O2/c1-11-8-15(13(3)24-11)12(2)18(23)22-7-6-16-14(10-22)9-17(20-19-16)21(4)5/h8-9,12H,6-7,10H2,1-5H3/t12-/m0/s1. The molecule has 0 aromatic carbocycles. The van der Waals surface area contributed by atoms with Crippen LogP contribution in [0.3, 0.4) is 0 Å². The molecule has 0 radical (unpaired) electrons. The van der Waals surface area contributed by atoms with Gasteiger partial charge >= 0.3 is 0 Å². The number of hydrogen-bond donors (Lipinski definition) is 0. The van der Waals surface area contributed by atoms with Crippen molar-refractivity contribution < 1.29 is 9.21 Å². The molecule has 2 aromatic rings. The summed E-state index contributed by atoms with van der Waals surface area (Å²) in [5.41, 5.74) is 3.05. The van der Waals surface area contributed by atoms with E-state index in [0.29, 0.717) is 13.1 Å². The van der Waals surface area contributed by atoms with Crippen LogP contribution in [0.15, 0.2) is 16.5 Å². The lowest BCUT2D eigenvalue weighted by atomic mass is 9.98. The molecule has 1 aliphatic rings. The lowest BCUT2D eigenvalue weighted by Gasteiger charge is -2.30. The molecular weight excluding hydrogens is 304 g/mol. The number of carbonyl (C=O) groups excluding carboxylic acids is 1. The second-order valence-corrected chi connectivity index (χ2v) is 6.67. The molecule has 0 saturated carbocycles. The van der Waals surface area contributed by atoms with E-state index in [1.165, 1.54) is 0 Å². The highest BCUT2D eigenvalue weighted by molar-refractivity contribution is 5.83. The van der Waals surface area contributed by atoms with Gasteiger partial charge in [-0.2, -0.15) is 5.10 Å². The first-order chi connectivity index (χ1) is 11.4. The van der Waals surface area contributed by atoms with E-state index in [9.17, 15) is 4.79 Å². The average molecular weight is 328 g/mol. The van der Waals surface area contributed by atoms with Crippen LogP contribution < -0.4 is 4.90 Å². The van der Waals surface area contributed by atoms with Crippen molar-refractivity contribution in [3.8, 4) is 0 Å². The molecule has 1 amide bonds. The highest BCUT2D eigenvalue weighted by Gasteiger charge is 2.28. The SMILES string of the molecule is Cc1cc([C@H](C)C(=O)N2CCc3nnc(N(C)C)cc3C2)c(C)o1. The molecule has 0 saturated heterocycles. The summed E-state index contributed by atoms with van der Waals surface area (Å²) in [5, 5.41) is 8.53.